The van der Waals surface area contributed by atoms with E-state index in [1.165, 1.54) is 0 Å². The number of aromatic nitrogens is 1. The first-order chi connectivity index (χ1) is 8.56. The standard InChI is InChI=1S/C12H7Br3N2O/c13-8-1-2-11(18)7(3-8)5-16-12-10(15)4-9(14)6-17-12/h1-6,18H/b16-5+. The van der Waals surface area contributed by atoms with Gasteiger partial charge in [0.05, 0.1) is 4.47 Å². The number of aromatic hydroxyl groups is 1. The fraction of sp³-hybridized carbons (Fsp3) is 0. The summed E-state index contributed by atoms with van der Waals surface area (Å²) in [6.45, 7) is 0. The molecule has 1 aromatic heterocycles. The first kappa shape index (κ1) is 13.7. The lowest BCUT2D eigenvalue weighted by molar-refractivity contribution is 0.474. The molecule has 1 aromatic carbocycles. The summed E-state index contributed by atoms with van der Waals surface area (Å²) in [5.41, 5.74) is 0.626. The summed E-state index contributed by atoms with van der Waals surface area (Å²) in [4.78, 5) is 8.39. The van der Waals surface area contributed by atoms with Crippen LogP contribution >= 0.6 is 47.8 Å². The maximum atomic E-state index is 9.67. The molecule has 0 amide bonds. The van der Waals surface area contributed by atoms with E-state index < -0.39 is 0 Å². The lowest BCUT2D eigenvalue weighted by Gasteiger charge is -2.00. The molecule has 6 heteroatoms. The summed E-state index contributed by atoms with van der Waals surface area (Å²) in [6.07, 6.45) is 3.24. The number of rotatable bonds is 2. The van der Waals surface area contributed by atoms with Crippen molar-refractivity contribution >= 4 is 59.8 Å². The summed E-state index contributed by atoms with van der Waals surface area (Å²) in [5, 5.41) is 9.67. The summed E-state index contributed by atoms with van der Waals surface area (Å²) >= 11 is 10.0. The molecule has 18 heavy (non-hydrogen) atoms. The van der Waals surface area contributed by atoms with Crippen LogP contribution in [0.15, 0.2) is 48.9 Å². The number of aliphatic imine (C=N–C) groups is 1. The average Bonchev–Trinajstić information content (AvgIpc) is 2.32. The maximum absolute atomic E-state index is 9.67. The number of hydrogen-bond acceptors (Lipinski definition) is 3. The summed E-state index contributed by atoms with van der Waals surface area (Å²) in [7, 11) is 0. The largest absolute Gasteiger partial charge is 0.507 e. The van der Waals surface area contributed by atoms with Crippen LogP contribution in [0.25, 0.3) is 0 Å². The van der Waals surface area contributed by atoms with Crippen LogP contribution in [0.5, 0.6) is 5.75 Å². The Kier molecular flexibility index (Phi) is 4.53. The quantitative estimate of drug-likeness (QED) is 0.688. The maximum Gasteiger partial charge on any atom is 0.166 e. The average molecular weight is 435 g/mol. The summed E-state index contributed by atoms with van der Waals surface area (Å²) < 4.78 is 2.53. The molecule has 0 aliphatic rings. The van der Waals surface area contributed by atoms with Gasteiger partial charge in [-0.25, -0.2) is 9.98 Å². The molecule has 0 bridgehead atoms. The summed E-state index contributed by atoms with van der Waals surface area (Å²) in [6, 6.07) is 7.02. The number of phenols is 1. The van der Waals surface area contributed by atoms with Crippen molar-refractivity contribution in [3.05, 3.63) is 49.4 Å². The van der Waals surface area contributed by atoms with Crippen molar-refractivity contribution < 1.29 is 5.11 Å². The van der Waals surface area contributed by atoms with Gasteiger partial charge in [-0.15, -0.1) is 0 Å². The van der Waals surface area contributed by atoms with E-state index >= 15 is 0 Å². The smallest absolute Gasteiger partial charge is 0.166 e. The Balaban J connectivity index is 2.32. The zero-order chi connectivity index (χ0) is 13.1. The molecule has 0 unspecified atom stereocenters. The zero-order valence-corrected chi connectivity index (χ0v) is 13.7. The van der Waals surface area contributed by atoms with Crippen LogP contribution in [-0.4, -0.2) is 16.3 Å². The van der Waals surface area contributed by atoms with Gasteiger partial charge in [0.15, 0.2) is 5.82 Å². The van der Waals surface area contributed by atoms with E-state index in [1.54, 1.807) is 30.6 Å². The van der Waals surface area contributed by atoms with E-state index in [9.17, 15) is 5.11 Å². The normalized spacial score (nSPS) is 11.1. The molecule has 1 N–H and O–H groups in total. The molecule has 2 rings (SSSR count). The monoisotopic (exact) mass is 432 g/mol. The van der Waals surface area contributed by atoms with Crippen molar-refractivity contribution in [2.45, 2.75) is 0 Å². The second kappa shape index (κ2) is 5.95. The van der Waals surface area contributed by atoms with Crippen molar-refractivity contribution in [3.63, 3.8) is 0 Å². The predicted molar refractivity (Wildman–Crippen MR) is 82.7 cm³/mol. The fourth-order valence-corrected chi connectivity index (χ4v) is 2.73. The van der Waals surface area contributed by atoms with Crippen molar-refractivity contribution in [1.29, 1.82) is 0 Å². The van der Waals surface area contributed by atoms with Gasteiger partial charge in [0, 0.05) is 26.9 Å². The third kappa shape index (κ3) is 3.40. The highest BCUT2D eigenvalue weighted by Gasteiger charge is 2.02. The second-order valence-electron chi connectivity index (χ2n) is 3.42. The Morgan fingerprint density at radius 1 is 1.11 bits per heavy atom. The molecule has 2 aromatic rings. The Bertz CT molecular complexity index is 614. The summed E-state index contributed by atoms with van der Waals surface area (Å²) in [5.74, 6) is 0.729. The van der Waals surface area contributed by atoms with Crippen molar-refractivity contribution in [2.75, 3.05) is 0 Å². The van der Waals surface area contributed by atoms with E-state index in [2.05, 4.69) is 57.8 Å². The molecule has 0 aliphatic heterocycles. The van der Waals surface area contributed by atoms with E-state index in [0.29, 0.717) is 11.4 Å². The molecular weight excluding hydrogens is 428 g/mol. The molecule has 3 nitrogen and oxygen atoms in total. The molecule has 0 fully saturated rings. The number of halogens is 3. The highest BCUT2D eigenvalue weighted by molar-refractivity contribution is 9.11. The SMILES string of the molecule is Oc1ccc(Br)cc1/C=N/c1ncc(Br)cc1Br. The van der Waals surface area contributed by atoms with E-state index in [0.717, 1.165) is 13.4 Å². The lowest BCUT2D eigenvalue weighted by atomic mass is 10.2. The third-order valence-corrected chi connectivity index (χ3v) is 3.61. The number of nitrogens with zero attached hydrogens (tertiary/aromatic N) is 2. The molecule has 92 valence electrons. The van der Waals surface area contributed by atoms with Gasteiger partial charge in [0.25, 0.3) is 0 Å². The van der Waals surface area contributed by atoms with Gasteiger partial charge in [-0.2, -0.15) is 0 Å². The van der Waals surface area contributed by atoms with Crippen LogP contribution in [0.1, 0.15) is 5.56 Å². The van der Waals surface area contributed by atoms with Crippen molar-refractivity contribution in [1.82, 2.24) is 4.98 Å². The Labute approximate surface area is 129 Å². The molecule has 0 spiro atoms. The zero-order valence-electron chi connectivity index (χ0n) is 8.94. The number of hydrogen-bond donors (Lipinski definition) is 1. The first-order valence-corrected chi connectivity index (χ1v) is 7.28. The minimum absolute atomic E-state index is 0.176. The molecule has 0 saturated carbocycles. The highest BCUT2D eigenvalue weighted by Crippen LogP contribution is 2.26. The first-order valence-electron chi connectivity index (χ1n) is 4.90. The number of benzene rings is 1. The van der Waals surface area contributed by atoms with Gasteiger partial charge in [-0.05, 0) is 56.1 Å². The Morgan fingerprint density at radius 2 is 1.89 bits per heavy atom. The van der Waals surface area contributed by atoms with Crippen LogP contribution in [0, 0.1) is 0 Å². The highest BCUT2D eigenvalue weighted by atomic mass is 79.9. The fourth-order valence-electron chi connectivity index (χ4n) is 1.26. The topological polar surface area (TPSA) is 45.5 Å². The van der Waals surface area contributed by atoms with Gasteiger partial charge in [0.2, 0.25) is 0 Å². The number of phenolic OH excluding ortho intramolecular Hbond substituents is 1. The van der Waals surface area contributed by atoms with E-state index in [1.807, 2.05) is 6.07 Å². The minimum Gasteiger partial charge on any atom is -0.507 e. The van der Waals surface area contributed by atoms with Gasteiger partial charge >= 0.3 is 0 Å². The molecule has 0 atom stereocenters. The van der Waals surface area contributed by atoms with Crippen LogP contribution < -0.4 is 0 Å². The van der Waals surface area contributed by atoms with Crippen LogP contribution in [-0.2, 0) is 0 Å². The Hall–Kier alpha value is -0.720. The molecular formula is C12H7Br3N2O. The van der Waals surface area contributed by atoms with Gasteiger partial charge in [0.1, 0.15) is 5.75 Å². The number of pyridine rings is 1. The minimum atomic E-state index is 0.176. The van der Waals surface area contributed by atoms with Gasteiger partial charge in [-0.3, -0.25) is 0 Å². The van der Waals surface area contributed by atoms with Crippen LogP contribution in [0.2, 0.25) is 0 Å². The second-order valence-corrected chi connectivity index (χ2v) is 6.11. The third-order valence-electron chi connectivity index (χ3n) is 2.10. The van der Waals surface area contributed by atoms with Gasteiger partial charge < -0.3 is 5.11 Å². The van der Waals surface area contributed by atoms with Crippen molar-refractivity contribution in [3.8, 4) is 5.75 Å². The Morgan fingerprint density at radius 3 is 2.61 bits per heavy atom. The molecule has 0 radical (unpaired) electrons. The molecule has 1 heterocycles. The van der Waals surface area contributed by atoms with Gasteiger partial charge in [-0.1, -0.05) is 15.9 Å². The van der Waals surface area contributed by atoms with Crippen LogP contribution in [0.4, 0.5) is 5.82 Å². The lowest BCUT2D eigenvalue weighted by Crippen LogP contribution is -1.84. The van der Waals surface area contributed by atoms with Crippen LogP contribution in [0.3, 0.4) is 0 Å². The van der Waals surface area contributed by atoms with Crippen molar-refractivity contribution in [2.24, 2.45) is 4.99 Å². The molecule has 0 aliphatic carbocycles. The molecule has 0 saturated heterocycles. The van der Waals surface area contributed by atoms with E-state index in [4.69, 9.17) is 0 Å². The predicted octanol–water partition coefficient (Wildman–Crippen LogP) is 4.83. The van der Waals surface area contributed by atoms with E-state index in [-0.39, 0.29) is 5.75 Å².